The van der Waals surface area contributed by atoms with Gasteiger partial charge in [-0.2, -0.15) is 4.98 Å². The number of hydrogen-bond acceptors (Lipinski definition) is 6. The molecule has 2 aromatic rings. The molecule has 0 aliphatic carbocycles. The molecule has 0 saturated carbocycles. The van der Waals surface area contributed by atoms with Crippen molar-refractivity contribution in [2.75, 3.05) is 44.7 Å². The maximum Gasteiger partial charge on any atom is 0.260 e. The van der Waals surface area contributed by atoms with Gasteiger partial charge >= 0.3 is 0 Å². The predicted octanol–water partition coefficient (Wildman–Crippen LogP) is 2.64. The lowest BCUT2D eigenvalue weighted by Crippen LogP contribution is -2.44. The first-order valence-electron chi connectivity index (χ1n) is 8.83. The molecule has 2 aliphatic heterocycles. The van der Waals surface area contributed by atoms with E-state index in [2.05, 4.69) is 52.4 Å². The summed E-state index contributed by atoms with van der Waals surface area (Å²) in [5.74, 6) is 1.41. The number of benzene rings is 1. The van der Waals surface area contributed by atoms with Crippen LogP contribution in [0.15, 0.2) is 22.7 Å². The summed E-state index contributed by atoms with van der Waals surface area (Å²) in [6.45, 7) is 7.18. The Hall–Kier alpha value is -1.63. The first-order chi connectivity index (χ1) is 11.7. The molecule has 0 bridgehead atoms. The molecule has 7 heteroatoms. The van der Waals surface area contributed by atoms with Gasteiger partial charge in [-0.15, -0.1) is 12.4 Å². The minimum atomic E-state index is 0. The number of piperazine rings is 1. The van der Waals surface area contributed by atoms with Crippen molar-refractivity contribution in [1.82, 2.24) is 20.4 Å². The van der Waals surface area contributed by atoms with Crippen molar-refractivity contribution in [1.29, 1.82) is 0 Å². The van der Waals surface area contributed by atoms with E-state index in [0.29, 0.717) is 5.89 Å². The molecular weight excluding hydrogens is 338 g/mol. The number of nitrogens with zero attached hydrogens (tertiary/aromatic N) is 4. The van der Waals surface area contributed by atoms with Gasteiger partial charge in [0.05, 0.1) is 11.6 Å². The van der Waals surface area contributed by atoms with Gasteiger partial charge in [-0.1, -0.05) is 16.8 Å². The molecule has 1 aromatic carbocycles. The predicted molar refractivity (Wildman–Crippen MR) is 101 cm³/mol. The summed E-state index contributed by atoms with van der Waals surface area (Å²) in [6, 6.07) is 6.69. The number of aromatic nitrogens is 2. The zero-order valence-corrected chi connectivity index (χ0v) is 15.7. The van der Waals surface area contributed by atoms with E-state index >= 15 is 0 Å². The molecule has 4 rings (SSSR count). The number of anilines is 1. The smallest absolute Gasteiger partial charge is 0.260 e. The monoisotopic (exact) mass is 363 g/mol. The van der Waals surface area contributed by atoms with Gasteiger partial charge in [0.2, 0.25) is 0 Å². The molecule has 0 spiro atoms. The van der Waals surface area contributed by atoms with E-state index in [-0.39, 0.29) is 18.4 Å². The Morgan fingerprint density at radius 2 is 2.00 bits per heavy atom. The van der Waals surface area contributed by atoms with Crippen LogP contribution in [0.3, 0.4) is 0 Å². The zero-order chi connectivity index (χ0) is 16.5. The van der Waals surface area contributed by atoms with E-state index in [9.17, 15) is 0 Å². The molecule has 136 valence electrons. The molecule has 25 heavy (non-hydrogen) atoms. The Balaban J connectivity index is 0.00000182. The van der Waals surface area contributed by atoms with Gasteiger partial charge in [0.15, 0.2) is 5.82 Å². The lowest BCUT2D eigenvalue weighted by molar-refractivity contribution is 0.190. The van der Waals surface area contributed by atoms with Crippen molar-refractivity contribution < 1.29 is 4.52 Å². The average molecular weight is 364 g/mol. The van der Waals surface area contributed by atoms with Crippen LogP contribution >= 0.6 is 12.4 Å². The normalized spacial score (nSPS) is 21.4. The molecule has 2 fully saturated rings. The third-order valence-corrected chi connectivity index (χ3v) is 5.08. The van der Waals surface area contributed by atoms with Gasteiger partial charge in [-0.25, -0.2) is 0 Å². The third-order valence-electron chi connectivity index (χ3n) is 5.08. The summed E-state index contributed by atoms with van der Waals surface area (Å²) in [5.41, 5.74) is 3.48. The Bertz CT molecular complexity index is 713. The molecule has 6 nitrogen and oxygen atoms in total. The van der Waals surface area contributed by atoms with Crippen LogP contribution < -0.4 is 10.2 Å². The van der Waals surface area contributed by atoms with Crippen molar-refractivity contribution in [3.8, 4) is 11.5 Å². The second-order valence-electron chi connectivity index (χ2n) is 6.87. The minimum Gasteiger partial charge on any atom is -0.371 e. The molecule has 1 aromatic heterocycles. The van der Waals surface area contributed by atoms with Gasteiger partial charge in [0.1, 0.15) is 0 Å². The molecule has 2 aliphatic rings. The Kier molecular flexibility index (Phi) is 5.61. The maximum absolute atomic E-state index is 5.67. The van der Waals surface area contributed by atoms with E-state index in [1.54, 1.807) is 0 Å². The van der Waals surface area contributed by atoms with Crippen molar-refractivity contribution >= 4 is 18.1 Å². The molecule has 1 N–H and O–H groups in total. The SMILES string of the molecule is Cc1ccc(N2CCCC2)c(-c2nc(C3CNCCN3C)no2)c1.Cl. The van der Waals surface area contributed by atoms with Gasteiger partial charge in [-0.05, 0) is 38.9 Å². The molecular formula is C18H26ClN5O. The van der Waals surface area contributed by atoms with Crippen molar-refractivity contribution in [2.45, 2.75) is 25.8 Å². The van der Waals surface area contributed by atoms with Crippen LogP contribution in [0.25, 0.3) is 11.5 Å². The standard InChI is InChI=1S/C18H25N5O.ClH/c1-13-5-6-15(23-8-3-4-9-23)14(11-13)18-20-17(21-24-18)16-12-19-7-10-22(16)2;/h5-6,11,16,19H,3-4,7-10,12H2,1-2H3;1H. The van der Waals surface area contributed by atoms with Crippen LogP contribution in [0.2, 0.25) is 0 Å². The van der Waals surface area contributed by atoms with Crippen molar-refractivity contribution in [2.24, 2.45) is 0 Å². The highest BCUT2D eigenvalue weighted by atomic mass is 35.5. The molecule has 0 amide bonds. The first kappa shape index (κ1) is 18.2. The molecule has 0 radical (unpaired) electrons. The van der Waals surface area contributed by atoms with Gasteiger partial charge in [0, 0.05) is 38.4 Å². The molecule has 1 atom stereocenters. The van der Waals surface area contributed by atoms with Crippen LogP contribution in [-0.4, -0.2) is 54.8 Å². The number of aryl methyl sites for hydroxylation is 1. The van der Waals surface area contributed by atoms with Crippen molar-refractivity contribution in [3.05, 3.63) is 29.6 Å². The fraction of sp³-hybridized carbons (Fsp3) is 0.556. The third kappa shape index (κ3) is 3.66. The lowest BCUT2D eigenvalue weighted by Gasteiger charge is -2.30. The van der Waals surface area contributed by atoms with E-state index in [4.69, 9.17) is 9.51 Å². The highest BCUT2D eigenvalue weighted by Crippen LogP contribution is 2.33. The van der Waals surface area contributed by atoms with Crippen LogP contribution in [0.1, 0.15) is 30.3 Å². The average Bonchev–Trinajstić information content (AvgIpc) is 3.27. The molecule has 2 saturated heterocycles. The van der Waals surface area contributed by atoms with Crippen LogP contribution in [0, 0.1) is 6.92 Å². The largest absolute Gasteiger partial charge is 0.371 e. The van der Waals surface area contributed by atoms with E-state index in [0.717, 1.165) is 44.1 Å². The van der Waals surface area contributed by atoms with E-state index in [1.807, 2.05) is 0 Å². The summed E-state index contributed by atoms with van der Waals surface area (Å²) in [7, 11) is 2.11. The van der Waals surface area contributed by atoms with Crippen molar-refractivity contribution in [3.63, 3.8) is 0 Å². The number of hydrogen-bond donors (Lipinski definition) is 1. The van der Waals surface area contributed by atoms with Gasteiger partial charge in [0.25, 0.3) is 5.89 Å². The Morgan fingerprint density at radius 3 is 2.76 bits per heavy atom. The van der Waals surface area contributed by atoms with Crippen LogP contribution in [0.4, 0.5) is 5.69 Å². The number of halogens is 1. The summed E-state index contributed by atoms with van der Waals surface area (Å²) < 4.78 is 5.67. The van der Waals surface area contributed by atoms with Crippen LogP contribution in [0.5, 0.6) is 0 Å². The van der Waals surface area contributed by atoms with Gasteiger partial charge < -0.3 is 14.7 Å². The molecule has 1 unspecified atom stereocenters. The highest BCUT2D eigenvalue weighted by molar-refractivity contribution is 5.85. The second kappa shape index (κ2) is 7.72. The quantitative estimate of drug-likeness (QED) is 0.904. The fourth-order valence-corrected chi connectivity index (χ4v) is 3.63. The Morgan fingerprint density at radius 1 is 1.20 bits per heavy atom. The second-order valence-corrected chi connectivity index (χ2v) is 6.87. The number of likely N-dealkylation sites (N-methyl/N-ethyl adjacent to an activating group) is 1. The fourth-order valence-electron chi connectivity index (χ4n) is 3.63. The van der Waals surface area contributed by atoms with Crippen LogP contribution in [-0.2, 0) is 0 Å². The summed E-state index contributed by atoms with van der Waals surface area (Å²) in [6.07, 6.45) is 2.50. The van der Waals surface area contributed by atoms with E-state index < -0.39 is 0 Å². The topological polar surface area (TPSA) is 57.4 Å². The summed E-state index contributed by atoms with van der Waals surface area (Å²) in [4.78, 5) is 9.45. The minimum absolute atomic E-state index is 0. The number of nitrogens with one attached hydrogen (secondary N) is 1. The lowest BCUT2D eigenvalue weighted by atomic mass is 10.1. The highest BCUT2D eigenvalue weighted by Gasteiger charge is 2.27. The Labute approximate surface area is 155 Å². The van der Waals surface area contributed by atoms with Gasteiger partial charge in [-0.3, -0.25) is 4.90 Å². The first-order valence-corrected chi connectivity index (χ1v) is 8.83. The zero-order valence-electron chi connectivity index (χ0n) is 14.9. The maximum atomic E-state index is 5.67. The summed E-state index contributed by atoms with van der Waals surface area (Å²) in [5, 5.41) is 7.68. The number of rotatable bonds is 3. The molecule has 3 heterocycles. The van der Waals surface area contributed by atoms with E-state index in [1.165, 1.54) is 24.1 Å². The summed E-state index contributed by atoms with van der Waals surface area (Å²) >= 11 is 0.